The second-order valence-electron chi connectivity index (χ2n) is 5.57. The zero-order valence-electron chi connectivity index (χ0n) is 14.2. The van der Waals surface area contributed by atoms with Gasteiger partial charge in [0.05, 0.1) is 17.7 Å². The van der Waals surface area contributed by atoms with E-state index in [1.165, 1.54) is 6.20 Å². The third-order valence-electron chi connectivity index (χ3n) is 3.75. The summed E-state index contributed by atoms with van der Waals surface area (Å²) in [6.45, 7) is 0.476. The summed E-state index contributed by atoms with van der Waals surface area (Å²) in [5.41, 5.74) is 2.33. The van der Waals surface area contributed by atoms with Crippen LogP contribution in [0, 0.1) is 0 Å². The number of ether oxygens (including phenoxy) is 1. The monoisotopic (exact) mass is 367 g/mol. The van der Waals surface area contributed by atoms with Gasteiger partial charge in [-0.2, -0.15) is 0 Å². The zero-order valence-corrected chi connectivity index (χ0v) is 15.0. The molecule has 5 nitrogen and oxygen atoms in total. The van der Waals surface area contributed by atoms with E-state index < -0.39 is 0 Å². The number of nitrogens with zero attached hydrogens (tertiary/aromatic N) is 1. The summed E-state index contributed by atoms with van der Waals surface area (Å²) in [5.74, 6) is 1.06. The molecule has 0 saturated heterocycles. The van der Waals surface area contributed by atoms with Crippen molar-refractivity contribution >= 4 is 29.0 Å². The smallest absolute Gasteiger partial charge is 0.253 e. The number of pyridine rings is 1. The predicted molar refractivity (Wildman–Crippen MR) is 103 cm³/mol. The van der Waals surface area contributed by atoms with Crippen molar-refractivity contribution in [1.82, 2.24) is 10.3 Å². The average molecular weight is 368 g/mol. The standard InChI is InChI=1S/C20H18ClN3O2/c1-26-18-9-8-16(11-17(18)21)24-19-10-7-15(13-22-19)20(25)23-12-14-5-3-2-4-6-14/h2-11,13H,12H2,1H3,(H,22,24)(H,23,25). The Hall–Kier alpha value is -3.05. The van der Waals surface area contributed by atoms with Crippen LogP contribution in [0.1, 0.15) is 15.9 Å². The number of anilines is 2. The number of benzene rings is 2. The van der Waals surface area contributed by atoms with Crippen molar-refractivity contribution < 1.29 is 9.53 Å². The Kier molecular flexibility index (Phi) is 5.71. The molecule has 3 aromatic rings. The molecule has 0 fully saturated rings. The SMILES string of the molecule is COc1ccc(Nc2ccc(C(=O)NCc3ccccc3)cn2)cc1Cl. The first-order chi connectivity index (χ1) is 12.7. The minimum absolute atomic E-state index is 0.166. The quantitative estimate of drug-likeness (QED) is 0.677. The van der Waals surface area contributed by atoms with Crippen LogP contribution in [0.5, 0.6) is 5.75 Å². The zero-order chi connectivity index (χ0) is 18.4. The normalized spacial score (nSPS) is 10.2. The van der Waals surface area contributed by atoms with Gasteiger partial charge in [0.2, 0.25) is 0 Å². The van der Waals surface area contributed by atoms with Crippen LogP contribution >= 0.6 is 11.6 Å². The van der Waals surface area contributed by atoms with Crippen molar-refractivity contribution in [2.75, 3.05) is 12.4 Å². The molecule has 0 spiro atoms. The molecule has 0 bridgehead atoms. The van der Waals surface area contributed by atoms with Crippen molar-refractivity contribution in [1.29, 1.82) is 0 Å². The van der Waals surface area contributed by atoms with E-state index in [2.05, 4.69) is 15.6 Å². The third-order valence-corrected chi connectivity index (χ3v) is 4.04. The molecule has 0 atom stereocenters. The summed E-state index contributed by atoms with van der Waals surface area (Å²) in [6, 6.07) is 18.6. The Labute approximate surface area is 157 Å². The number of nitrogens with one attached hydrogen (secondary N) is 2. The van der Waals surface area contributed by atoms with Gasteiger partial charge in [-0.25, -0.2) is 4.98 Å². The maximum atomic E-state index is 12.2. The largest absolute Gasteiger partial charge is 0.495 e. The topological polar surface area (TPSA) is 63.2 Å². The highest BCUT2D eigenvalue weighted by Crippen LogP contribution is 2.28. The number of aromatic nitrogens is 1. The van der Waals surface area contributed by atoms with Crippen molar-refractivity contribution in [2.24, 2.45) is 0 Å². The van der Waals surface area contributed by atoms with Gasteiger partial charge in [-0.05, 0) is 35.9 Å². The van der Waals surface area contributed by atoms with Crippen LogP contribution in [-0.2, 0) is 6.54 Å². The lowest BCUT2D eigenvalue weighted by molar-refractivity contribution is 0.0950. The average Bonchev–Trinajstić information content (AvgIpc) is 2.68. The predicted octanol–water partition coefficient (Wildman–Crippen LogP) is 4.42. The maximum absolute atomic E-state index is 12.2. The Morgan fingerprint density at radius 1 is 1.12 bits per heavy atom. The number of hydrogen-bond acceptors (Lipinski definition) is 4. The first-order valence-electron chi connectivity index (χ1n) is 8.04. The third kappa shape index (κ3) is 4.52. The molecule has 132 valence electrons. The van der Waals surface area contributed by atoms with Gasteiger partial charge in [0.25, 0.3) is 5.91 Å². The second kappa shape index (κ2) is 8.36. The van der Waals surface area contributed by atoms with Crippen molar-refractivity contribution in [3.8, 4) is 5.75 Å². The van der Waals surface area contributed by atoms with E-state index in [9.17, 15) is 4.79 Å². The molecule has 0 aliphatic heterocycles. The van der Waals surface area contributed by atoms with Crippen LogP contribution < -0.4 is 15.4 Å². The molecule has 2 N–H and O–H groups in total. The summed E-state index contributed by atoms with van der Waals surface area (Å²) in [7, 11) is 1.57. The highest BCUT2D eigenvalue weighted by molar-refractivity contribution is 6.32. The molecule has 0 unspecified atom stereocenters. The van der Waals surface area contributed by atoms with Gasteiger partial charge in [-0.15, -0.1) is 0 Å². The lowest BCUT2D eigenvalue weighted by Crippen LogP contribution is -2.22. The summed E-state index contributed by atoms with van der Waals surface area (Å²) >= 11 is 6.11. The van der Waals surface area contributed by atoms with Gasteiger partial charge in [0.1, 0.15) is 11.6 Å². The number of rotatable bonds is 6. The van der Waals surface area contributed by atoms with E-state index in [1.807, 2.05) is 36.4 Å². The number of hydrogen-bond donors (Lipinski definition) is 2. The molecule has 1 aromatic heterocycles. The molecular weight excluding hydrogens is 350 g/mol. The Morgan fingerprint density at radius 2 is 1.92 bits per heavy atom. The Bertz CT molecular complexity index is 883. The summed E-state index contributed by atoms with van der Waals surface area (Å²) in [4.78, 5) is 16.5. The lowest BCUT2D eigenvalue weighted by atomic mass is 10.2. The summed E-state index contributed by atoms with van der Waals surface area (Å²) in [6.07, 6.45) is 1.54. The maximum Gasteiger partial charge on any atom is 0.253 e. The molecule has 3 rings (SSSR count). The van der Waals surface area contributed by atoms with E-state index in [0.29, 0.717) is 28.7 Å². The number of methoxy groups -OCH3 is 1. The fourth-order valence-electron chi connectivity index (χ4n) is 2.37. The van der Waals surface area contributed by atoms with Gasteiger partial charge < -0.3 is 15.4 Å². The van der Waals surface area contributed by atoms with E-state index in [1.54, 1.807) is 31.4 Å². The molecule has 0 aliphatic carbocycles. The van der Waals surface area contributed by atoms with Crippen molar-refractivity contribution in [3.63, 3.8) is 0 Å². The Morgan fingerprint density at radius 3 is 2.58 bits per heavy atom. The van der Waals surface area contributed by atoms with Gasteiger partial charge in [-0.3, -0.25) is 4.79 Å². The number of amides is 1. The second-order valence-corrected chi connectivity index (χ2v) is 5.98. The van der Waals surface area contributed by atoms with Crippen LogP contribution in [0.25, 0.3) is 0 Å². The van der Waals surface area contributed by atoms with Crippen LogP contribution in [0.2, 0.25) is 5.02 Å². The number of halogens is 1. The van der Waals surface area contributed by atoms with Crippen molar-refractivity contribution in [2.45, 2.75) is 6.54 Å². The van der Waals surface area contributed by atoms with Crippen LogP contribution in [-0.4, -0.2) is 18.0 Å². The molecular formula is C20H18ClN3O2. The molecule has 0 radical (unpaired) electrons. The molecule has 0 saturated carbocycles. The minimum atomic E-state index is -0.166. The van der Waals surface area contributed by atoms with Gasteiger partial charge in [-0.1, -0.05) is 41.9 Å². The van der Waals surface area contributed by atoms with E-state index in [0.717, 1.165) is 11.3 Å². The summed E-state index contributed by atoms with van der Waals surface area (Å²) in [5, 5.41) is 6.52. The summed E-state index contributed by atoms with van der Waals surface area (Å²) < 4.78 is 5.13. The number of carbonyl (C=O) groups excluding carboxylic acids is 1. The molecule has 1 amide bonds. The first kappa shape index (κ1) is 17.8. The van der Waals surface area contributed by atoms with Gasteiger partial charge in [0, 0.05) is 18.4 Å². The minimum Gasteiger partial charge on any atom is -0.495 e. The Balaban J connectivity index is 1.61. The van der Waals surface area contributed by atoms with E-state index in [4.69, 9.17) is 16.3 Å². The highest BCUT2D eigenvalue weighted by atomic mass is 35.5. The molecule has 0 aliphatic rings. The van der Waals surface area contributed by atoms with Crippen LogP contribution in [0.15, 0.2) is 66.9 Å². The highest BCUT2D eigenvalue weighted by Gasteiger charge is 2.07. The van der Waals surface area contributed by atoms with Gasteiger partial charge >= 0.3 is 0 Å². The van der Waals surface area contributed by atoms with Crippen molar-refractivity contribution in [3.05, 3.63) is 83.0 Å². The lowest BCUT2D eigenvalue weighted by Gasteiger charge is -2.09. The van der Waals surface area contributed by atoms with Gasteiger partial charge in [0.15, 0.2) is 0 Å². The molecule has 2 aromatic carbocycles. The van der Waals surface area contributed by atoms with E-state index >= 15 is 0 Å². The fourth-order valence-corrected chi connectivity index (χ4v) is 2.63. The van der Waals surface area contributed by atoms with Crippen LogP contribution in [0.4, 0.5) is 11.5 Å². The molecule has 1 heterocycles. The van der Waals surface area contributed by atoms with E-state index in [-0.39, 0.29) is 5.91 Å². The fraction of sp³-hybridized carbons (Fsp3) is 0.100. The molecule has 26 heavy (non-hydrogen) atoms. The number of carbonyl (C=O) groups is 1. The van der Waals surface area contributed by atoms with Crippen LogP contribution in [0.3, 0.4) is 0 Å². The first-order valence-corrected chi connectivity index (χ1v) is 8.42. The molecule has 6 heteroatoms.